The zero-order chi connectivity index (χ0) is 52.9. The van der Waals surface area contributed by atoms with E-state index in [9.17, 15) is 20.1 Å². The standard InChI is InChI=1S/C68H127NO4/c1-3-5-7-9-11-13-15-17-19-21-23-25-26-27-28-29-30-31-32-33-34-35-36-37-38-39-40-42-43-45-47-49-51-53-55-57-59-61-65(71)63-68(73)69-66(64-70)67(72)62-60-58-56-54-52-50-48-46-44-41-24-22-20-18-16-14-12-10-8-6-4-2/h30-31,33-34,44,46,52,54,60,62,65-67,70-72H,3-29,32,35-43,45,47-51,53,55-59,61,63-64H2,1-2H3,(H,69,73)/b31-30-,34-33-,46-44+,54-52+,62-60+. The third-order valence-corrected chi connectivity index (χ3v) is 15.0. The van der Waals surface area contributed by atoms with Crippen LogP contribution in [0.15, 0.2) is 60.8 Å². The van der Waals surface area contributed by atoms with Gasteiger partial charge >= 0.3 is 0 Å². The molecule has 5 heteroatoms. The second-order valence-electron chi connectivity index (χ2n) is 22.4. The van der Waals surface area contributed by atoms with E-state index in [0.717, 1.165) is 44.9 Å². The van der Waals surface area contributed by atoms with E-state index in [4.69, 9.17) is 0 Å². The van der Waals surface area contributed by atoms with Gasteiger partial charge in [-0.05, 0) is 77.0 Å². The Morgan fingerprint density at radius 1 is 0.356 bits per heavy atom. The van der Waals surface area contributed by atoms with E-state index in [-0.39, 0.29) is 18.9 Å². The maximum atomic E-state index is 12.5. The molecule has 0 radical (unpaired) electrons. The Hall–Kier alpha value is -1.95. The van der Waals surface area contributed by atoms with Crippen LogP contribution in [0.3, 0.4) is 0 Å². The molecule has 0 aliphatic rings. The number of allylic oxidation sites excluding steroid dienone is 9. The molecule has 0 heterocycles. The summed E-state index contributed by atoms with van der Waals surface area (Å²) in [5.74, 6) is -0.327. The van der Waals surface area contributed by atoms with Crippen LogP contribution in [0, 0.1) is 0 Å². The van der Waals surface area contributed by atoms with Crippen LogP contribution in [-0.2, 0) is 4.79 Å². The Morgan fingerprint density at radius 3 is 0.959 bits per heavy atom. The highest BCUT2D eigenvalue weighted by molar-refractivity contribution is 5.76. The molecule has 0 saturated carbocycles. The van der Waals surface area contributed by atoms with Crippen molar-refractivity contribution in [3.8, 4) is 0 Å². The molecule has 73 heavy (non-hydrogen) atoms. The number of nitrogens with one attached hydrogen (secondary N) is 1. The first kappa shape index (κ1) is 71.0. The second-order valence-corrected chi connectivity index (χ2v) is 22.4. The Labute approximate surface area is 456 Å². The van der Waals surface area contributed by atoms with E-state index in [0.29, 0.717) is 6.42 Å². The molecule has 0 fully saturated rings. The summed E-state index contributed by atoms with van der Waals surface area (Å²) < 4.78 is 0. The Bertz CT molecular complexity index is 1220. The molecule has 0 aromatic heterocycles. The maximum Gasteiger partial charge on any atom is 0.222 e. The van der Waals surface area contributed by atoms with E-state index in [1.807, 2.05) is 6.08 Å². The summed E-state index contributed by atoms with van der Waals surface area (Å²) in [7, 11) is 0. The zero-order valence-corrected chi connectivity index (χ0v) is 49.0. The van der Waals surface area contributed by atoms with Gasteiger partial charge in [0, 0.05) is 0 Å². The lowest BCUT2D eigenvalue weighted by Gasteiger charge is -2.21. The van der Waals surface area contributed by atoms with Crippen LogP contribution in [0.4, 0.5) is 0 Å². The molecule has 0 spiro atoms. The van der Waals surface area contributed by atoms with E-state index >= 15 is 0 Å². The summed E-state index contributed by atoms with van der Waals surface area (Å²) in [6.07, 6.45) is 86.0. The molecule has 428 valence electrons. The molecule has 0 bridgehead atoms. The van der Waals surface area contributed by atoms with Crippen molar-refractivity contribution in [1.29, 1.82) is 0 Å². The quantitative estimate of drug-likeness (QED) is 0.0361. The predicted molar refractivity (Wildman–Crippen MR) is 324 cm³/mol. The lowest BCUT2D eigenvalue weighted by atomic mass is 10.0. The normalized spacial score (nSPS) is 13.5. The SMILES string of the molecule is CCCCCCCCCCCCC/C=C/CC/C=C/CC/C=C/C(O)C(CO)NC(=O)CC(O)CCCCCCCCCCCCCCCCC/C=C\C/C=C\CCCCCCCCCCCCCCCCC. The van der Waals surface area contributed by atoms with Crippen molar-refractivity contribution >= 4 is 5.91 Å². The number of hydrogen-bond donors (Lipinski definition) is 4. The number of aliphatic hydroxyl groups excluding tert-OH is 3. The summed E-state index contributed by atoms with van der Waals surface area (Å²) in [5, 5.41) is 33.5. The first-order valence-electron chi connectivity index (χ1n) is 32.6. The molecular weight excluding hydrogens is 895 g/mol. The highest BCUT2D eigenvalue weighted by Crippen LogP contribution is 2.18. The minimum absolute atomic E-state index is 0.00173. The van der Waals surface area contributed by atoms with Crippen LogP contribution in [0.25, 0.3) is 0 Å². The summed E-state index contributed by atoms with van der Waals surface area (Å²) in [6.45, 7) is 4.23. The number of hydrogen-bond acceptors (Lipinski definition) is 4. The lowest BCUT2D eigenvalue weighted by molar-refractivity contribution is -0.124. The second kappa shape index (κ2) is 62.6. The molecule has 0 aliphatic heterocycles. The molecule has 0 aromatic rings. The Balaban J connectivity index is 3.55. The van der Waals surface area contributed by atoms with Crippen molar-refractivity contribution in [3.63, 3.8) is 0 Å². The summed E-state index contributed by atoms with van der Waals surface area (Å²) >= 11 is 0. The summed E-state index contributed by atoms with van der Waals surface area (Å²) in [4.78, 5) is 12.5. The third kappa shape index (κ3) is 59.2. The van der Waals surface area contributed by atoms with Crippen LogP contribution in [0.2, 0.25) is 0 Å². The van der Waals surface area contributed by atoms with Gasteiger partial charge in [0.15, 0.2) is 0 Å². The number of amides is 1. The highest BCUT2D eigenvalue weighted by atomic mass is 16.3. The lowest BCUT2D eigenvalue weighted by Crippen LogP contribution is -2.45. The largest absolute Gasteiger partial charge is 0.394 e. The van der Waals surface area contributed by atoms with Crippen LogP contribution >= 0.6 is 0 Å². The number of aliphatic hydroxyl groups is 3. The van der Waals surface area contributed by atoms with Gasteiger partial charge in [0.2, 0.25) is 5.91 Å². The first-order valence-corrected chi connectivity index (χ1v) is 32.6. The Morgan fingerprint density at radius 2 is 0.630 bits per heavy atom. The monoisotopic (exact) mass is 1020 g/mol. The van der Waals surface area contributed by atoms with Crippen molar-refractivity contribution in [1.82, 2.24) is 5.32 Å². The average Bonchev–Trinajstić information content (AvgIpc) is 3.39. The number of carbonyl (C=O) groups is 1. The summed E-state index contributed by atoms with van der Waals surface area (Å²) in [5.41, 5.74) is 0. The molecule has 1 amide bonds. The van der Waals surface area contributed by atoms with Gasteiger partial charge in [0.1, 0.15) is 0 Å². The van der Waals surface area contributed by atoms with Crippen LogP contribution in [0.5, 0.6) is 0 Å². The van der Waals surface area contributed by atoms with Crippen LogP contribution in [-0.4, -0.2) is 46.1 Å². The molecule has 4 N–H and O–H groups in total. The number of unbranched alkanes of at least 4 members (excludes halogenated alkanes) is 43. The molecular formula is C68H127NO4. The zero-order valence-electron chi connectivity index (χ0n) is 49.0. The predicted octanol–water partition coefficient (Wildman–Crippen LogP) is 20.9. The molecule has 0 aromatic carbocycles. The van der Waals surface area contributed by atoms with Crippen LogP contribution < -0.4 is 5.32 Å². The van der Waals surface area contributed by atoms with Crippen molar-refractivity contribution in [2.75, 3.05) is 6.61 Å². The molecule has 0 saturated heterocycles. The van der Waals surface area contributed by atoms with Gasteiger partial charge in [-0.1, -0.05) is 319 Å². The van der Waals surface area contributed by atoms with E-state index in [1.165, 1.54) is 270 Å². The van der Waals surface area contributed by atoms with E-state index < -0.39 is 18.2 Å². The van der Waals surface area contributed by atoms with Gasteiger partial charge in [-0.2, -0.15) is 0 Å². The van der Waals surface area contributed by atoms with Gasteiger partial charge in [0.05, 0.1) is 31.3 Å². The fraction of sp³-hybridized carbons (Fsp3) is 0.838. The summed E-state index contributed by atoms with van der Waals surface area (Å²) in [6, 6.07) is -0.771. The molecule has 3 unspecified atom stereocenters. The van der Waals surface area contributed by atoms with Gasteiger partial charge < -0.3 is 20.6 Å². The van der Waals surface area contributed by atoms with E-state index in [2.05, 4.69) is 67.8 Å². The smallest absolute Gasteiger partial charge is 0.222 e. The first-order chi connectivity index (χ1) is 36.0. The van der Waals surface area contributed by atoms with E-state index in [1.54, 1.807) is 6.08 Å². The Kier molecular flexibility index (Phi) is 60.9. The molecule has 5 nitrogen and oxygen atoms in total. The number of rotatable bonds is 60. The van der Waals surface area contributed by atoms with Crippen molar-refractivity contribution in [2.45, 2.75) is 360 Å². The molecule has 3 atom stereocenters. The fourth-order valence-electron chi connectivity index (χ4n) is 10.1. The number of carbonyl (C=O) groups excluding carboxylic acids is 1. The van der Waals surface area contributed by atoms with Gasteiger partial charge in [-0.3, -0.25) is 4.79 Å². The van der Waals surface area contributed by atoms with Gasteiger partial charge in [-0.25, -0.2) is 0 Å². The highest BCUT2D eigenvalue weighted by Gasteiger charge is 2.20. The minimum atomic E-state index is -0.963. The third-order valence-electron chi connectivity index (χ3n) is 15.0. The average molecular weight is 1020 g/mol. The van der Waals surface area contributed by atoms with Gasteiger partial charge in [-0.15, -0.1) is 0 Å². The van der Waals surface area contributed by atoms with Crippen molar-refractivity contribution in [2.24, 2.45) is 0 Å². The van der Waals surface area contributed by atoms with Crippen molar-refractivity contribution in [3.05, 3.63) is 60.8 Å². The van der Waals surface area contributed by atoms with Gasteiger partial charge in [0.25, 0.3) is 0 Å². The topological polar surface area (TPSA) is 89.8 Å². The molecule has 0 aliphatic carbocycles. The van der Waals surface area contributed by atoms with Crippen LogP contribution in [0.1, 0.15) is 341 Å². The minimum Gasteiger partial charge on any atom is -0.394 e. The fourth-order valence-corrected chi connectivity index (χ4v) is 10.1. The molecule has 0 rings (SSSR count). The maximum absolute atomic E-state index is 12.5. The van der Waals surface area contributed by atoms with Crippen molar-refractivity contribution < 1.29 is 20.1 Å².